The minimum Gasteiger partial charge on any atom is -0.341 e. The molecule has 0 aliphatic rings. The van der Waals surface area contributed by atoms with E-state index in [1.54, 1.807) is 28.1 Å². The second-order valence-corrected chi connectivity index (χ2v) is 6.29. The van der Waals surface area contributed by atoms with E-state index in [2.05, 4.69) is 35.5 Å². The zero-order valence-corrected chi connectivity index (χ0v) is 14.9. The van der Waals surface area contributed by atoms with Crippen molar-refractivity contribution < 1.29 is 4.79 Å². The summed E-state index contributed by atoms with van der Waals surface area (Å²) in [4.78, 5) is 28.0. The van der Waals surface area contributed by atoms with E-state index in [9.17, 15) is 4.79 Å². The standard InChI is InChI=1S/C18H15N9O/c1-26-13-5-3-2-4-12(13)17(25-26)24-14(28)8-27-7-11(6-23-27)15-16-18(21-9-19-15)22-10-20-16/h2-7,9-10H,8H2,1H3,(H,24,25,28)(H,19,20,21,22). The van der Waals surface area contributed by atoms with Crippen LogP contribution in [0.1, 0.15) is 0 Å². The molecule has 0 bridgehead atoms. The molecule has 5 rings (SSSR count). The van der Waals surface area contributed by atoms with Crippen molar-refractivity contribution in [3.05, 3.63) is 49.3 Å². The monoisotopic (exact) mass is 373 g/mol. The Hall–Kier alpha value is -4.08. The number of hydrogen-bond donors (Lipinski definition) is 2. The SMILES string of the molecule is Cn1nc(NC(=O)Cn2cc(-c3ncnc4nc[nH]c34)cn2)c2ccccc21. The van der Waals surface area contributed by atoms with Gasteiger partial charge in [-0.15, -0.1) is 0 Å². The normalized spacial score (nSPS) is 11.3. The molecule has 0 atom stereocenters. The van der Waals surface area contributed by atoms with Gasteiger partial charge < -0.3 is 10.3 Å². The van der Waals surface area contributed by atoms with Crippen LogP contribution in [0.5, 0.6) is 0 Å². The average Bonchev–Trinajstić information content (AvgIpc) is 3.42. The van der Waals surface area contributed by atoms with Gasteiger partial charge in [0.15, 0.2) is 11.5 Å². The minimum absolute atomic E-state index is 0.0576. The fourth-order valence-corrected chi connectivity index (χ4v) is 3.18. The van der Waals surface area contributed by atoms with Crippen LogP contribution < -0.4 is 5.32 Å². The van der Waals surface area contributed by atoms with Crippen LogP contribution in [0.3, 0.4) is 0 Å². The molecule has 1 amide bonds. The molecule has 5 aromatic rings. The van der Waals surface area contributed by atoms with Crippen molar-refractivity contribution in [2.75, 3.05) is 5.32 Å². The van der Waals surface area contributed by atoms with Gasteiger partial charge in [-0.25, -0.2) is 15.0 Å². The van der Waals surface area contributed by atoms with Gasteiger partial charge in [0, 0.05) is 24.2 Å². The van der Waals surface area contributed by atoms with E-state index >= 15 is 0 Å². The molecule has 10 heteroatoms. The third-order valence-electron chi connectivity index (χ3n) is 4.45. The van der Waals surface area contributed by atoms with Crippen molar-refractivity contribution >= 4 is 33.8 Å². The fraction of sp³-hybridized carbons (Fsp3) is 0.111. The summed E-state index contributed by atoms with van der Waals surface area (Å²) in [6.07, 6.45) is 6.44. The number of anilines is 1. The predicted molar refractivity (Wildman–Crippen MR) is 102 cm³/mol. The number of carbonyl (C=O) groups is 1. The van der Waals surface area contributed by atoms with Crippen LogP contribution in [0.4, 0.5) is 5.82 Å². The Morgan fingerprint density at radius 2 is 2.11 bits per heavy atom. The molecule has 4 aromatic heterocycles. The summed E-state index contributed by atoms with van der Waals surface area (Å²) >= 11 is 0. The number of imidazole rings is 1. The van der Waals surface area contributed by atoms with Crippen molar-refractivity contribution in [3.8, 4) is 11.3 Å². The number of aromatic amines is 1. The molecule has 4 heterocycles. The van der Waals surface area contributed by atoms with Gasteiger partial charge in [-0.3, -0.25) is 14.2 Å². The number of nitrogens with one attached hydrogen (secondary N) is 2. The highest BCUT2D eigenvalue weighted by Crippen LogP contribution is 2.23. The van der Waals surface area contributed by atoms with Gasteiger partial charge in [-0.2, -0.15) is 10.2 Å². The summed E-state index contributed by atoms with van der Waals surface area (Å²) in [6, 6.07) is 7.73. The lowest BCUT2D eigenvalue weighted by Crippen LogP contribution is -2.19. The largest absolute Gasteiger partial charge is 0.341 e. The predicted octanol–water partition coefficient (Wildman–Crippen LogP) is 1.74. The molecule has 10 nitrogen and oxygen atoms in total. The lowest BCUT2D eigenvalue weighted by Gasteiger charge is -2.03. The topological polar surface area (TPSA) is 119 Å². The Morgan fingerprint density at radius 1 is 1.21 bits per heavy atom. The summed E-state index contributed by atoms with van der Waals surface area (Å²) in [5, 5.41) is 12.4. The summed E-state index contributed by atoms with van der Waals surface area (Å²) < 4.78 is 3.29. The number of carbonyl (C=O) groups excluding carboxylic acids is 1. The van der Waals surface area contributed by atoms with Crippen LogP contribution in [0.15, 0.2) is 49.3 Å². The first-order chi connectivity index (χ1) is 13.7. The van der Waals surface area contributed by atoms with Gasteiger partial charge in [0.1, 0.15) is 24.1 Å². The highest BCUT2D eigenvalue weighted by molar-refractivity contribution is 5.99. The van der Waals surface area contributed by atoms with E-state index in [0.29, 0.717) is 17.2 Å². The molecule has 0 aliphatic heterocycles. The Labute approximate surface area is 158 Å². The van der Waals surface area contributed by atoms with E-state index in [1.807, 2.05) is 31.3 Å². The Kier molecular flexibility index (Phi) is 3.61. The molecule has 0 spiro atoms. The molecule has 2 N–H and O–H groups in total. The lowest BCUT2D eigenvalue weighted by atomic mass is 10.2. The van der Waals surface area contributed by atoms with Crippen LogP contribution in [-0.4, -0.2) is 45.4 Å². The molecule has 0 saturated carbocycles. The Bertz CT molecular complexity index is 1310. The second-order valence-electron chi connectivity index (χ2n) is 6.29. The smallest absolute Gasteiger partial charge is 0.247 e. The van der Waals surface area contributed by atoms with Crippen molar-refractivity contribution in [2.24, 2.45) is 7.05 Å². The van der Waals surface area contributed by atoms with Crippen LogP contribution in [0.25, 0.3) is 33.3 Å². The van der Waals surface area contributed by atoms with E-state index in [1.165, 1.54) is 6.33 Å². The van der Waals surface area contributed by atoms with Gasteiger partial charge in [0.2, 0.25) is 5.91 Å². The first-order valence-corrected chi connectivity index (χ1v) is 8.57. The summed E-state index contributed by atoms with van der Waals surface area (Å²) in [5.41, 5.74) is 3.72. The molecular formula is C18H15N9O. The Balaban J connectivity index is 1.37. The van der Waals surface area contributed by atoms with Crippen molar-refractivity contribution in [1.82, 2.24) is 39.5 Å². The van der Waals surface area contributed by atoms with Gasteiger partial charge in [-0.1, -0.05) is 12.1 Å². The average molecular weight is 373 g/mol. The van der Waals surface area contributed by atoms with Crippen LogP contribution in [0, 0.1) is 0 Å². The maximum absolute atomic E-state index is 12.5. The third-order valence-corrected chi connectivity index (χ3v) is 4.45. The van der Waals surface area contributed by atoms with Gasteiger partial charge in [0.05, 0.1) is 18.0 Å². The van der Waals surface area contributed by atoms with Crippen molar-refractivity contribution in [1.29, 1.82) is 0 Å². The van der Waals surface area contributed by atoms with E-state index in [-0.39, 0.29) is 12.5 Å². The zero-order valence-electron chi connectivity index (χ0n) is 14.9. The maximum Gasteiger partial charge on any atom is 0.247 e. The molecular weight excluding hydrogens is 358 g/mol. The van der Waals surface area contributed by atoms with Crippen LogP contribution in [-0.2, 0) is 18.4 Å². The number of aryl methyl sites for hydroxylation is 1. The maximum atomic E-state index is 12.5. The number of amides is 1. The number of aromatic nitrogens is 8. The fourth-order valence-electron chi connectivity index (χ4n) is 3.18. The number of fused-ring (bicyclic) bond motifs is 2. The third kappa shape index (κ3) is 2.67. The molecule has 1 aromatic carbocycles. The lowest BCUT2D eigenvalue weighted by molar-refractivity contribution is -0.116. The van der Waals surface area contributed by atoms with Gasteiger partial charge in [0.25, 0.3) is 0 Å². The van der Waals surface area contributed by atoms with Gasteiger partial charge in [-0.05, 0) is 12.1 Å². The number of benzene rings is 1. The number of rotatable bonds is 4. The first kappa shape index (κ1) is 16.1. The zero-order chi connectivity index (χ0) is 19.1. The van der Waals surface area contributed by atoms with Crippen molar-refractivity contribution in [2.45, 2.75) is 6.54 Å². The molecule has 0 aliphatic carbocycles. The van der Waals surface area contributed by atoms with E-state index in [4.69, 9.17) is 0 Å². The van der Waals surface area contributed by atoms with E-state index in [0.717, 1.165) is 22.0 Å². The Morgan fingerprint density at radius 3 is 3.04 bits per heavy atom. The molecule has 28 heavy (non-hydrogen) atoms. The number of hydrogen-bond acceptors (Lipinski definition) is 6. The summed E-state index contributed by atoms with van der Waals surface area (Å²) in [6.45, 7) is 0.0576. The van der Waals surface area contributed by atoms with E-state index < -0.39 is 0 Å². The van der Waals surface area contributed by atoms with Crippen molar-refractivity contribution in [3.63, 3.8) is 0 Å². The summed E-state index contributed by atoms with van der Waals surface area (Å²) in [7, 11) is 1.84. The number of para-hydroxylation sites is 1. The molecule has 138 valence electrons. The van der Waals surface area contributed by atoms with Gasteiger partial charge >= 0.3 is 0 Å². The quantitative estimate of drug-likeness (QED) is 0.495. The number of H-pyrrole nitrogens is 1. The highest BCUT2D eigenvalue weighted by atomic mass is 16.2. The van der Waals surface area contributed by atoms with Crippen LogP contribution >= 0.6 is 0 Å². The molecule has 0 unspecified atom stereocenters. The minimum atomic E-state index is -0.215. The first-order valence-electron chi connectivity index (χ1n) is 8.57. The summed E-state index contributed by atoms with van der Waals surface area (Å²) in [5.74, 6) is 0.318. The number of nitrogens with zero attached hydrogens (tertiary/aromatic N) is 7. The second kappa shape index (κ2) is 6.27. The van der Waals surface area contributed by atoms with Crippen LogP contribution in [0.2, 0.25) is 0 Å². The molecule has 0 saturated heterocycles. The molecule has 0 radical (unpaired) electrons. The highest BCUT2D eigenvalue weighted by Gasteiger charge is 2.14. The molecule has 0 fully saturated rings.